The van der Waals surface area contributed by atoms with Gasteiger partial charge in [-0.15, -0.1) is 0 Å². The highest BCUT2D eigenvalue weighted by atomic mass is 16.1. The molecule has 5 rings (SSSR count). The number of hydrogen-bond donors (Lipinski definition) is 2. The van der Waals surface area contributed by atoms with Crippen LogP contribution in [0.3, 0.4) is 0 Å². The monoisotopic (exact) mass is 470 g/mol. The van der Waals surface area contributed by atoms with E-state index in [0.29, 0.717) is 12.5 Å². The Balaban J connectivity index is 1.07. The van der Waals surface area contributed by atoms with E-state index in [-0.39, 0.29) is 11.8 Å². The van der Waals surface area contributed by atoms with Gasteiger partial charge in [0.2, 0.25) is 5.91 Å². The van der Waals surface area contributed by atoms with Gasteiger partial charge in [-0.2, -0.15) is 0 Å². The molecular weight excluding hydrogens is 432 g/mol. The number of likely N-dealkylation sites (tertiary alicyclic amines) is 1. The van der Waals surface area contributed by atoms with Gasteiger partial charge in [0, 0.05) is 25.3 Å². The number of anilines is 1. The van der Waals surface area contributed by atoms with E-state index in [1.807, 2.05) is 0 Å². The fourth-order valence-electron chi connectivity index (χ4n) is 5.49. The number of nitrogens with one attached hydrogen (secondary N) is 2. The van der Waals surface area contributed by atoms with Crippen LogP contribution >= 0.6 is 0 Å². The number of piperidine rings is 1. The van der Waals surface area contributed by atoms with Crippen molar-refractivity contribution in [1.29, 1.82) is 0 Å². The average molecular weight is 471 g/mol. The maximum absolute atomic E-state index is 13.0. The van der Waals surface area contributed by atoms with Gasteiger partial charge in [0.1, 0.15) is 5.82 Å². The molecule has 3 aromatic rings. The fourth-order valence-corrected chi connectivity index (χ4v) is 5.49. The maximum atomic E-state index is 13.0. The summed E-state index contributed by atoms with van der Waals surface area (Å²) in [5.41, 5.74) is 3.80. The van der Waals surface area contributed by atoms with Crippen molar-refractivity contribution >= 4 is 22.5 Å². The minimum Gasteiger partial charge on any atom is -0.370 e. The molecule has 2 aliphatic heterocycles. The van der Waals surface area contributed by atoms with Gasteiger partial charge in [-0.3, -0.25) is 4.79 Å². The Hall–Kier alpha value is -2.92. The van der Waals surface area contributed by atoms with Crippen LogP contribution in [0.15, 0.2) is 54.6 Å². The zero-order valence-electron chi connectivity index (χ0n) is 20.9. The molecule has 5 nitrogen and oxygen atoms in total. The van der Waals surface area contributed by atoms with Crippen LogP contribution in [0.25, 0.3) is 10.8 Å². The van der Waals surface area contributed by atoms with Crippen molar-refractivity contribution in [3.63, 3.8) is 0 Å². The molecule has 1 amide bonds. The molecule has 0 bridgehead atoms. The number of rotatable bonds is 8. The molecule has 1 saturated heterocycles. The second kappa shape index (κ2) is 11.2. The fraction of sp³-hybridized carbons (Fsp3) is 0.467. The summed E-state index contributed by atoms with van der Waals surface area (Å²) in [5, 5.41) is 9.20. The van der Waals surface area contributed by atoms with Gasteiger partial charge < -0.3 is 15.5 Å². The van der Waals surface area contributed by atoms with Crippen molar-refractivity contribution in [3.05, 3.63) is 71.4 Å². The predicted molar refractivity (Wildman–Crippen MR) is 144 cm³/mol. The van der Waals surface area contributed by atoms with Gasteiger partial charge >= 0.3 is 0 Å². The molecule has 2 N–H and O–H groups in total. The quantitative estimate of drug-likeness (QED) is 0.478. The van der Waals surface area contributed by atoms with Crippen molar-refractivity contribution in [3.8, 4) is 0 Å². The van der Waals surface area contributed by atoms with E-state index in [1.54, 1.807) is 0 Å². The topological polar surface area (TPSA) is 57.3 Å². The first-order chi connectivity index (χ1) is 17.2. The van der Waals surface area contributed by atoms with E-state index in [0.717, 1.165) is 64.1 Å². The lowest BCUT2D eigenvalue weighted by atomic mass is 9.95. The minimum absolute atomic E-state index is 0.0959. The number of benzene rings is 2. The zero-order chi connectivity index (χ0) is 24.0. The lowest BCUT2D eigenvalue weighted by molar-refractivity contribution is -0.126. The van der Waals surface area contributed by atoms with Crippen molar-refractivity contribution in [2.45, 2.75) is 51.4 Å². The normalized spacial score (nSPS) is 19.1. The van der Waals surface area contributed by atoms with Crippen LogP contribution in [0.2, 0.25) is 0 Å². The molecule has 3 heterocycles. The SMILES string of the molecule is CC(CNC(=O)C1CCCN(CCCc2ccc3c(n2)NCCC3)C1)c1ccc2ccccc2c1. The number of aryl methyl sites for hydroxylation is 2. The summed E-state index contributed by atoms with van der Waals surface area (Å²) in [5.74, 6) is 1.69. The summed E-state index contributed by atoms with van der Waals surface area (Å²) in [6, 6.07) is 19.5. The summed E-state index contributed by atoms with van der Waals surface area (Å²) in [6.45, 7) is 6.91. The molecule has 2 aromatic carbocycles. The van der Waals surface area contributed by atoms with Crippen molar-refractivity contribution < 1.29 is 4.79 Å². The number of amides is 1. The smallest absolute Gasteiger partial charge is 0.224 e. The second-order valence-electron chi connectivity index (χ2n) is 10.3. The maximum Gasteiger partial charge on any atom is 0.224 e. The molecule has 2 atom stereocenters. The summed E-state index contributed by atoms with van der Waals surface area (Å²) >= 11 is 0. The van der Waals surface area contributed by atoms with E-state index in [4.69, 9.17) is 4.98 Å². The van der Waals surface area contributed by atoms with E-state index in [2.05, 4.69) is 77.1 Å². The van der Waals surface area contributed by atoms with Gasteiger partial charge in [0.25, 0.3) is 0 Å². The molecule has 2 aliphatic rings. The number of pyridine rings is 1. The number of carbonyl (C=O) groups excluding carboxylic acids is 1. The lowest BCUT2D eigenvalue weighted by Gasteiger charge is -2.32. The Morgan fingerprint density at radius 1 is 1.14 bits per heavy atom. The summed E-state index contributed by atoms with van der Waals surface area (Å²) < 4.78 is 0. The minimum atomic E-state index is 0.0959. The van der Waals surface area contributed by atoms with Gasteiger partial charge in [0.15, 0.2) is 0 Å². The highest BCUT2D eigenvalue weighted by Gasteiger charge is 2.25. The molecule has 0 radical (unpaired) electrons. The van der Waals surface area contributed by atoms with Crippen molar-refractivity contribution in [1.82, 2.24) is 15.2 Å². The Kier molecular flexibility index (Phi) is 7.63. The van der Waals surface area contributed by atoms with Crippen LogP contribution in [0.1, 0.15) is 55.3 Å². The molecule has 1 aromatic heterocycles. The first kappa shape index (κ1) is 23.8. The van der Waals surface area contributed by atoms with Gasteiger partial charge in [0.05, 0.1) is 5.92 Å². The average Bonchev–Trinajstić information content (AvgIpc) is 2.91. The standard InChI is InChI=1S/C30H38N4O/c1-22(25-13-12-23-7-2-3-8-26(23)19-25)20-32-30(35)27-10-5-17-34(21-27)18-6-11-28-15-14-24-9-4-16-31-29(24)33-28/h2-3,7-8,12-15,19,22,27H,4-6,9-11,16-18,20-21H2,1H3,(H,31,33)(H,32,35). The number of hydrogen-bond acceptors (Lipinski definition) is 4. The summed E-state index contributed by atoms with van der Waals surface area (Å²) in [7, 11) is 0. The molecule has 184 valence electrons. The van der Waals surface area contributed by atoms with E-state index in [1.165, 1.54) is 34.0 Å². The third-order valence-electron chi connectivity index (χ3n) is 7.66. The van der Waals surface area contributed by atoms with Crippen LogP contribution < -0.4 is 10.6 Å². The first-order valence-electron chi connectivity index (χ1n) is 13.4. The number of fused-ring (bicyclic) bond motifs is 2. The Bertz CT molecular complexity index is 1160. The van der Waals surface area contributed by atoms with Crippen molar-refractivity contribution in [2.75, 3.05) is 38.0 Å². The van der Waals surface area contributed by atoms with E-state index < -0.39 is 0 Å². The van der Waals surface area contributed by atoms with Crippen molar-refractivity contribution in [2.24, 2.45) is 5.92 Å². The third-order valence-corrected chi connectivity index (χ3v) is 7.66. The van der Waals surface area contributed by atoms with Crippen LogP contribution in [0, 0.1) is 5.92 Å². The highest BCUT2D eigenvalue weighted by molar-refractivity contribution is 5.83. The Morgan fingerprint density at radius 3 is 2.94 bits per heavy atom. The summed E-state index contributed by atoms with van der Waals surface area (Å²) in [4.78, 5) is 20.3. The second-order valence-corrected chi connectivity index (χ2v) is 10.3. The van der Waals surface area contributed by atoms with Crippen LogP contribution in [0.4, 0.5) is 5.82 Å². The predicted octanol–water partition coefficient (Wildman–Crippen LogP) is 5.16. The first-order valence-corrected chi connectivity index (χ1v) is 13.4. The van der Waals surface area contributed by atoms with Crippen LogP contribution in [-0.4, -0.2) is 48.5 Å². The van der Waals surface area contributed by atoms with Gasteiger partial charge in [-0.05, 0) is 85.5 Å². The molecule has 1 fully saturated rings. The highest BCUT2D eigenvalue weighted by Crippen LogP contribution is 2.23. The Labute approximate surface area is 209 Å². The molecule has 5 heteroatoms. The zero-order valence-corrected chi connectivity index (χ0v) is 20.9. The van der Waals surface area contributed by atoms with Gasteiger partial charge in [-0.25, -0.2) is 4.98 Å². The molecule has 35 heavy (non-hydrogen) atoms. The largest absolute Gasteiger partial charge is 0.370 e. The lowest BCUT2D eigenvalue weighted by Crippen LogP contribution is -2.44. The third kappa shape index (κ3) is 6.02. The molecule has 0 saturated carbocycles. The number of aromatic nitrogens is 1. The Morgan fingerprint density at radius 2 is 2.03 bits per heavy atom. The molecule has 0 spiro atoms. The van der Waals surface area contributed by atoms with E-state index in [9.17, 15) is 4.79 Å². The molecule has 0 aliphatic carbocycles. The van der Waals surface area contributed by atoms with E-state index >= 15 is 0 Å². The molecular formula is C30H38N4O. The summed E-state index contributed by atoms with van der Waals surface area (Å²) in [6.07, 6.45) is 6.49. The number of nitrogens with zero attached hydrogens (tertiary/aromatic N) is 2. The van der Waals surface area contributed by atoms with Gasteiger partial charge in [-0.1, -0.05) is 55.5 Å². The van der Waals surface area contributed by atoms with Crippen LogP contribution in [0.5, 0.6) is 0 Å². The van der Waals surface area contributed by atoms with Crippen LogP contribution in [-0.2, 0) is 17.6 Å². The number of carbonyl (C=O) groups is 1. The molecule has 2 unspecified atom stereocenters.